The molecule has 2 aromatic rings. The minimum absolute atomic E-state index is 0.454. The molecule has 2 heterocycles. The van der Waals surface area contributed by atoms with E-state index in [2.05, 4.69) is 4.98 Å². The van der Waals surface area contributed by atoms with Crippen molar-refractivity contribution in [2.45, 2.75) is 12.3 Å². The van der Waals surface area contributed by atoms with Crippen molar-refractivity contribution in [3.63, 3.8) is 0 Å². The summed E-state index contributed by atoms with van der Waals surface area (Å²) in [5.74, 6) is 2.06. The molecule has 0 saturated carbocycles. The van der Waals surface area contributed by atoms with E-state index in [0.717, 1.165) is 34.2 Å². The van der Waals surface area contributed by atoms with Gasteiger partial charge in [0.05, 0.1) is 24.8 Å². The molecule has 18 heavy (non-hydrogen) atoms. The number of aromatic nitrogens is 1. The van der Waals surface area contributed by atoms with Crippen molar-refractivity contribution in [3.8, 4) is 22.8 Å². The van der Waals surface area contributed by atoms with Crippen molar-refractivity contribution in [2.24, 2.45) is 0 Å². The van der Waals surface area contributed by atoms with E-state index in [4.69, 9.17) is 21.1 Å². The van der Waals surface area contributed by atoms with Crippen LogP contribution in [0.5, 0.6) is 11.5 Å². The molecular weight excluding hydrogens is 270 g/mol. The highest BCUT2D eigenvalue weighted by atomic mass is 35.5. The quantitative estimate of drug-likeness (QED) is 0.787. The number of nitrogens with zero attached hydrogens (tertiary/aromatic N) is 1. The van der Waals surface area contributed by atoms with Crippen LogP contribution in [0.25, 0.3) is 11.3 Å². The Kier molecular flexibility index (Phi) is 3.39. The summed E-state index contributed by atoms with van der Waals surface area (Å²) in [4.78, 5) is 4.46. The monoisotopic (exact) mass is 281 g/mol. The highest BCUT2D eigenvalue weighted by Crippen LogP contribution is 2.34. The number of ether oxygens (including phenoxy) is 2. The van der Waals surface area contributed by atoms with Crippen LogP contribution >= 0.6 is 22.9 Å². The molecule has 1 aliphatic rings. The Hall–Kier alpha value is -1.26. The van der Waals surface area contributed by atoms with Gasteiger partial charge in [-0.25, -0.2) is 4.98 Å². The predicted octanol–water partition coefficient (Wildman–Crippen LogP) is 3.71. The fraction of sp³-hybridized carbons (Fsp3) is 0.308. The zero-order valence-corrected chi connectivity index (χ0v) is 11.3. The van der Waals surface area contributed by atoms with Gasteiger partial charge in [-0.05, 0) is 18.2 Å². The Labute approximate surface area is 114 Å². The summed E-state index contributed by atoms with van der Waals surface area (Å²) in [6.45, 7) is 1.40. The molecule has 0 atom stereocenters. The molecule has 0 saturated heterocycles. The van der Waals surface area contributed by atoms with Gasteiger partial charge in [-0.1, -0.05) is 0 Å². The predicted molar refractivity (Wildman–Crippen MR) is 72.7 cm³/mol. The highest BCUT2D eigenvalue weighted by molar-refractivity contribution is 7.10. The smallest absolute Gasteiger partial charge is 0.161 e. The molecular formula is C13H12ClNO2S. The molecule has 0 fully saturated rings. The van der Waals surface area contributed by atoms with Crippen molar-refractivity contribution in [3.05, 3.63) is 28.6 Å². The minimum atomic E-state index is 0.454. The van der Waals surface area contributed by atoms with Crippen LogP contribution in [0.1, 0.15) is 11.4 Å². The molecule has 0 amide bonds. The number of fused-ring (bicyclic) bond motifs is 1. The Morgan fingerprint density at radius 3 is 2.83 bits per heavy atom. The number of benzene rings is 1. The largest absolute Gasteiger partial charge is 0.490 e. The number of halogens is 1. The molecule has 3 nitrogen and oxygen atoms in total. The number of rotatable bonds is 2. The molecule has 0 radical (unpaired) electrons. The maximum atomic E-state index is 5.77. The standard InChI is InChI=1S/C13H12ClNO2S/c14-7-13-15-10(8-18-13)9-2-3-11-12(6-9)17-5-1-4-16-11/h2-3,6,8H,1,4-5,7H2. The summed E-state index contributed by atoms with van der Waals surface area (Å²) < 4.78 is 11.3. The van der Waals surface area contributed by atoms with Crippen LogP contribution in [0.4, 0.5) is 0 Å². The first-order chi connectivity index (χ1) is 8.86. The van der Waals surface area contributed by atoms with Gasteiger partial charge in [0.15, 0.2) is 11.5 Å². The van der Waals surface area contributed by atoms with Gasteiger partial charge < -0.3 is 9.47 Å². The summed E-state index contributed by atoms with van der Waals surface area (Å²) in [7, 11) is 0. The molecule has 3 rings (SSSR count). The van der Waals surface area contributed by atoms with Crippen LogP contribution in [-0.4, -0.2) is 18.2 Å². The summed E-state index contributed by atoms with van der Waals surface area (Å²) in [5.41, 5.74) is 1.97. The van der Waals surface area contributed by atoms with E-state index in [1.54, 1.807) is 11.3 Å². The van der Waals surface area contributed by atoms with E-state index in [1.807, 2.05) is 23.6 Å². The molecule has 1 aromatic heterocycles. The average Bonchev–Trinajstić information content (AvgIpc) is 2.76. The lowest BCUT2D eigenvalue weighted by Gasteiger charge is -2.08. The van der Waals surface area contributed by atoms with Crippen LogP contribution in [0.2, 0.25) is 0 Å². The first kappa shape index (κ1) is 11.8. The van der Waals surface area contributed by atoms with Crippen LogP contribution < -0.4 is 9.47 Å². The molecule has 0 unspecified atom stereocenters. The molecule has 0 spiro atoms. The molecule has 94 valence electrons. The lowest BCUT2D eigenvalue weighted by molar-refractivity contribution is 0.297. The second kappa shape index (κ2) is 5.16. The zero-order valence-electron chi connectivity index (χ0n) is 9.69. The van der Waals surface area contributed by atoms with E-state index in [9.17, 15) is 0 Å². The van der Waals surface area contributed by atoms with Gasteiger partial charge in [0.2, 0.25) is 0 Å². The number of alkyl halides is 1. The van der Waals surface area contributed by atoms with E-state index in [1.165, 1.54) is 0 Å². The average molecular weight is 282 g/mol. The van der Waals surface area contributed by atoms with Crippen molar-refractivity contribution < 1.29 is 9.47 Å². The second-order valence-corrected chi connectivity index (χ2v) is 5.18. The van der Waals surface area contributed by atoms with Crippen molar-refractivity contribution in [1.29, 1.82) is 0 Å². The maximum absolute atomic E-state index is 5.77. The number of hydrogen-bond donors (Lipinski definition) is 0. The third-order valence-corrected chi connectivity index (χ3v) is 3.97. The third kappa shape index (κ3) is 2.31. The van der Waals surface area contributed by atoms with Crippen molar-refractivity contribution >= 4 is 22.9 Å². The molecule has 1 aliphatic heterocycles. The summed E-state index contributed by atoms with van der Waals surface area (Å²) in [5, 5.41) is 2.94. The third-order valence-electron chi connectivity index (χ3n) is 2.71. The first-order valence-electron chi connectivity index (χ1n) is 5.77. The van der Waals surface area contributed by atoms with E-state index in [-0.39, 0.29) is 0 Å². The van der Waals surface area contributed by atoms with E-state index in [0.29, 0.717) is 19.1 Å². The molecule has 1 aromatic carbocycles. The first-order valence-corrected chi connectivity index (χ1v) is 7.18. The van der Waals surface area contributed by atoms with Crippen LogP contribution in [0.15, 0.2) is 23.6 Å². The van der Waals surface area contributed by atoms with Crippen molar-refractivity contribution in [1.82, 2.24) is 4.98 Å². The van der Waals surface area contributed by atoms with E-state index >= 15 is 0 Å². The molecule has 0 aliphatic carbocycles. The number of thiazole rings is 1. The maximum Gasteiger partial charge on any atom is 0.161 e. The Morgan fingerprint density at radius 2 is 2.06 bits per heavy atom. The van der Waals surface area contributed by atoms with Gasteiger partial charge in [-0.3, -0.25) is 0 Å². The van der Waals surface area contributed by atoms with Gasteiger partial charge in [0, 0.05) is 17.4 Å². The van der Waals surface area contributed by atoms with Gasteiger partial charge in [-0.2, -0.15) is 0 Å². The molecule has 0 bridgehead atoms. The van der Waals surface area contributed by atoms with Gasteiger partial charge in [0.1, 0.15) is 5.01 Å². The summed E-state index contributed by atoms with van der Waals surface area (Å²) in [6, 6.07) is 5.92. The second-order valence-electron chi connectivity index (χ2n) is 3.97. The van der Waals surface area contributed by atoms with Gasteiger partial charge >= 0.3 is 0 Å². The lowest BCUT2D eigenvalue weighted by atomic mass is 10.1. The minimum Gasteiger partial charge on any atom is -0.490 e. The fourth-order valence-corrected chi connectivity index (χ4v) is 2.73. The van der Waals surface area contributed by atoms with E-state index < -0.39 is 0 Å². The van der Waals surface area contributed by atoms with Crippen molar-refractivity contribution in [2.75, 3.05) is 13.2 Å². The Balaban J connectivity index is 1.95. The molecule has 0 N–H and O–H groups in total. The normalized spacial score (nSPS) is 14.3. The zero-order chi connectivity index (χ0) is 12.4. The van der Waals surface area contributed by atoms with Crippen LogP contribution in [0, 0.1) is 0 Å². The SMILES string of the molecule is ClCc1nc(-c2ccc3c(c2)OCCCO3)cs1. The van der Waals surface area contributed by atoms with Gasteiger partial charge in [-0.15, -0.1) is 22.9 Å². The fourth-order valence-electron chi connectivity index (χ4n) is 1.83. The Bertz CT molecular complexity index is 556. The lowest BCUT2D eigenvalue weighted by Crippen LogP contribution is -1.97. The van der Waals surface area contributed by atoms with Crippen LogP contribution in [-0.2, 0) is 5.88 Å². The number of hydrogen-bond acceptors (Lipinski definition) is 4. The summed E-state index contributed by atoms with van der Waals surface area (Å²) >= 11 is 7.34. The van der Waals surface area contributed by atoms with Crippen LogP contribution in [0.3, 0.4) is 0 Å². The topological polar surface area (TPSA) is 31.4 Å². The Morgan fingerprint density at radius 1 is 1.22 bits per heavy atom. The van der Waals surface area contributed by atoms with Gasteiger partial charge in [0.25, 0.3) is 0 Å². The molecule has 5 heteroatoms. The highest BCUT2D eigenvalue weighted by Gasteiger charge is 2.12. The summed E-state index contributed by atoms with van der Waals surface area (Å²) in [6.07, 6.45) is 0.914.